The van der Waals surface area contributed by atoms with Crippen LogP contribution in [-0.4, -0.2) is 67.5 Å². The average molecular weight is 551 g/mol. The summed E-state index contributed by atoms with van der Waals surface area (Å²) in [7, 11) is -3.52. The number of carbonyl (C=O) groups is 1. The van der Waals surface area contributed by atoms with E-state index < -0.39 is 9.84 Å². The number of urea groups is 1. The minimum atomic E-state index is -3.52. The first-order chi connectivity index (χ1) is 18.8. The SMILES string of the molecule is C[C@H]1COCCN1c1nc(-c2ccc(NC(=O)NC3CCCCC3)cc2)nc(-c2ccccc2S(C)(=O)=O)n1. The van der Waals surface area contributed by atoms with Crippen molar-refractivity contribution in [2.24, 2.45) is 0 Å². The van der Waals surface area contributed by atoms with E-state index in [0.29, 0.717) is 42.8 Å². The van der Waals surface area contributed by atoms with Crippen molar-refractivity contribution in [1.82, 2.24) is 20.3 Å². The first-order valence-corrected chi connectivity index (χ1v) is 15.2. The molecule has 0 bridgehead atoms. The Morgan fingerprint density at radius 2 is 1.69 bits per heavy atom. The maximum absolute atomic E-state index is 12.5. The molecule has 2 N–H and O–H groups in total. The van der Waals surface area contributed by atoms with Gasteiger partial charge in [-0.1, -0.05) is 31.4 Å². The second-order valence-electron chi connectivity index (χ2n) is 10.2. The molecule has 0 unspecified atom stereocenters. The minimum absolute atomic E-state index is 0.0428. The van der Waals surface area contributed by atoms with Crippen LogP contribution in [0.15, 0.2) is 53.4 Å². The number of nitrogens with one attached hydrogen (secondary N) is 2. The van der Waals surface area contributed by atoms with Crippen LogP contribution in [-0.2, 0) is 14.6 Å². The fourth-order valence-corrected chi connectivity index (χ4v) is 5.93. The number of benzene rings is 2. The zero-order valence-corrected chi connectivity index (χ0v) is 23.1. The van der Waals surface area contributed by atoms with Gasteiger partial charge in [-0.25, -0.2) is 18.2 Å². The van der Waals surface area contributed by atoms with Crippen molar-refractivity contribution in [2.45, 2.75) is 56.0 Å². The van der Waals surface area contributed by atoms with E-state index in [1.54, 1.807) is 36.4 Å². The van der Waals surface area contributed by atoms with Crippen LogP contribution in [0, 0.1) is 0 Å². The molecule has 1 aromatic heterocycles. The average Bonchev–Trinajstić information content (AvgIpc) is 2.93. The molecule has 1 aliphatic carbocycles. The highest BCUT2D eigenvalue weighted by atomic mass is 32.2. The van der Waals surface area contributed by atoms with Crippen LogP contribution >= 0.6 is 0 Å². The van der Waals surface area contributed by atoms with Crippen LogP contribution in [0.4, 0.5) is 16.4 Å². The number of anilines is 2. The lowest BCUT2D eigenvalue weighted by molar-refractivity contribution is 0.0981. The summed E-state index contributed by atoms with van der Waals surface area (Å²) in [6, 6.07) is 14.1. The molecule has 0 spiro atoms. The Hall–Kier alpha value is -3.57. The van der Waals surface area contributed by atoms with Gasteiger partial charge in [-0.2, -0.15) is 9.97 Å². The number of hydrogen-bond acceptors (Lipinski definition) is 8. The van der Waals surface area contributed by atoms with Crippen LogP contribution in [0.25, 0.3) is 22.8 Å². The van der Waals surface area contributed by atoms with Gasteiger partial charge in [0.2, 0.25) is 5.95 Å². The quantitative estimate of drug-likeness (QED) is 0.466. The van der Waals surface area contributed by atoms with E-state index in [1.807, 2.05) is 24.0 Å². The van der Waals surface area contributed by atoms with Gasteiger partial charge in [0.05, 0.1) is 24.2 Å². The lowest BCUT2D eigenvalue weighted by atomic mass is 9.96. The normalized spacial score (nSPS) is 18.5. The van der Waals surface area contributed by atoms with Gasteiger partial charge in [0, 0.05) is 35.7 Å². The van der Waals surface area contributed by atoms with Crippen molar-refractivity contribution in [3.8, 4) is 22.8 Å². The number of amides is 2. The maximum atomic E-state index is 12.5. The van der Waals surface area contributed by atoms with Crippen molar-refractivity contribution in [2.75, 3.05) is 36.2 Å². The monoisotopic (exact) mass is 550 g/mol. The van der Waals surface area contributed by atoms with Gasteiger partial charge >= 0.3 is 6.03 Å². The molecule has 1 saturated heterocycles. The largest absolute Gasteiger partial charge is 0.377 e. The third-order valence-electron chi connectivity index (χ3n) is 7.12. The molecular weight excluding hydrogens is 516 g/mol. The van der Waals surface area contributed by atoms with Crippen molar-refractivity contribution >= 4 is 27.5 Å². The maximum Gasteiger partial charge on any atom is 0.319 e. The summed E-state index contributed by atoms with van der Waals surface area (Å²) in [6.07, 6.45) is 6.73. The summed E-state index contributed by atoms with van der Waals surface area (Å²) < 4.78 is 30.7. The van der Waals surface area contributed by atoms with Crippen molar-refractivity contribution in [3.63, 3.8) is 0 Å². The number of aromatic nitrogens is 3. The molecule has 2 heterocycles. The lowest BCUT2D eigenvalue weighted by Gasteiger charge is -2.33. The first-order valence-electron chi connectivity index (χ1n) is 13.4. The number of rotatable bonds is 6. The predicted octanol–water partition coefficient (Wildman–Crippen LogP) is 4.29. The summed E-state index contributed by atoms with van der Waals surface area (Å²) in [6.45, 7) is 3.73. The molecule has 2 aliphatic rings. The van der Waals surface area contributed by atoms with E-state index in [0.717, 1.165) is 31.2 Å². The molecule has 11 heteroatoms. The van der Waals surface area contributed by atoms with Crippen LogP contribution < -0.4 is 15.5 Å². The fraction of sp³-hybridized carbons (Fsp3) is 0.429. The molecule has 2 amide bonds. The van der Waals surface area contributed by atoms with E-state index in [4.69, 9.17) is 19.7 Å². The van der Waals surface area contributed by atoms with Crippen molar-refractivity contribution in [3.05, 3.63) is 48.5 Å². The number of hydrogen-bond donors (Lipinski definition) is 2. The molecule has 5 rings (SSSR count). The predicted molar refractivity (Wildman–Crippen MR) is 150 cm³/mol. The number of nitrogens with zero attached hydrogens (tertiary/aromatic N) is 4. The molecule has 10 nitrogen and oxygen atoms in total. The Bertz CT molecular complexity index is 1420. The Kier molecular flexibility index (Phi) is 8.08. The van der Waals surface area contributed by atoms with Crippen LogP contribution in [0.2, 0.25) is 0 Å². The number of ether oxygens (including phenoxy) is 1. The smallest absolute Gasteiger partial charge is 0.319 e. The molecule has 1 saturated carbocycles. The van der Waals surface area contributed by atoms with E-state index in [-0.39, 0.29) is 28.8 Å². The summed E-state index contributed by atoms with van der Waals surface area (Å²) in [5, 5.41) is 5.96. The van der Waals surface area contributed by atoms with Crippen molar-refractivity contribution in [1.29, 1.82) is 0 Å². The molecule has 0 radical (unpaired) electrons. The molecule has 3 aromatic rings. The van der Waals surface area contributed by atoms with Gasteiger partial charge in [0.1, 0.15) is 0 Å². The summed E-state index contributed by atoms with van der Waals surface area (Å²) >= 11 is 0. The Morgan fingerprint density at radius 1 is 0.974 bits per heavy atom. The molecule has 1 aliphatic heterocycles. The van der Waals surface area contributed by atoms with Crippen LogP contribution in [0.1, 0.15) is 39.0 Å². The number of morpholine rings is 1. The third kappa shape index (κ3) is 6.54. The summed E-state index contributed by atoms with van der Waals surface area (Å²) in [5.74, 6) is 1.15. The fourth-order valence-electron chi connectivity index (χ4n) is 5.04. The van der Waals surface area contributed by atoms with Gasteiger partial charge in [-0.15, -0.1) is 0 Å². The summed E-state index contributed by atoms with van der Waals surface area (Å²) in [4.78, 5) is 28.8. The third-order valence-corrected chi connectivity index (χ3v) is 8.27. The zero-order chi connectivity index (χ0) is 27.4. The Labute approximate surface area is 229 Å². The van der Waals surface area contributed by atoms with E-state index in [2.05, 4.69) is 10.6 Å². The highest BCUT2D eigenvalue weighted by Gasteiger charge is 2.25. The molecule has 206 valence electrons. The molecule has 39 heavy (non-hydrogen) atoms. The highest BCUT2D eigenvalue weighted by Crippen LogP contribution is 2.29. The van der Waals surface area contributed by atoms with Gasteiger partial charge in [-0.3, -0.25) is 0 Å². The number of carbonyl (C=O) groups excluding carboxylic acids is 1. The Balaban J connectivity index is 1.46. The number of sulfone groups is 1. The zero-order valence-electron chi connectivity index (χ0n) is 22.3. The Morgan fingerprint density at radius 3 is 2.41 bits per heavy atom. The second kappa shape index (κ2) is 11.7. The van der Waals surface area contributed by atoms with Crippen molar-refractivity contribution < 1.29 is 17.9 Å². The van der Waals surface area contributed by atoms with Crippen LogP contribution in [0.5, 0.6) is 0 Å². The van der Waals surface area contributed by atoms with Gasteiger partial charge in [-0.05, 0) is 56.2 Å². The van der Waals surface area contributed by atoms with Gasteiger partial charge in [0.25, 0.3) is 0 Å². The standard InChI is InChI=1S/C28H34N6O4S/c1-19-18-38-17-16-34(19)27-32-25(31-26(33-27)23-10-6-7-11-24(23)39(2,36)37)20-12-14-22(15-13-20)30-28(35)29-21-8-4-3-5-9-21/h6-7,10-15,19,21H,3-5,8-9,16-18H2,1-2H3,(H2,29,30,35)/t19-/m0/s1. The highest BCUT2D eigenvalue weighted by molar-refractivity contribution is 7.90. The van der Waals surface area contributed by atoms with Gasteiger partial charge < -0.3 is 20.3 Å². The second-order valence-corrected chi connectivity index (χ2v) is 12.2. The molecule has 2 aromatic carbocycles. The molecule has 1 atom stereocenters. The summed E-state index contributed by atoms with van der Waals surface area (Å²) in [5.41, 5.74) is 1.80. The van der Waals surface area contributed by atoms with E-state index in [1.165, 1.54) is 12.7 Å². The topological polar surface area (TPSA) is 126 Å². The van der Waals surface area contributed by atoms with E-state index in [9.17, 15) is 13.2 Å². The van der Waals surface area contributed by atoms with Crippen LogP contribution in [0.3, 0.4) is 0 Å². The molecule has 2 fully saturated rings. The molecular formula is C28H34N6O4S. The van der Waals surface area contributed by atoms with E-state index >= 15 is 0 Å². The lowest BCUT2D eigenvalue weighted by Crippen LogP contribution is -2.44. The first kappa shape index (κ1) is 27.0. The van der Waals surface area contributed by atoms with Gasteiger partial charge in [0.15, 0.2) is 21.5 Å². The minimum Gasteiger partial charge on any atom is -0.377 e.